The summed E-state index contributed by atoms with van der Waals surface area (Å²) in [5.41, 5.74) is 2.52. The van der Waals surface area contributed by atoms with Crippen LogP contribution in [0, 0.1) is 0 Å². The predicted molar refractivity (Wildman–Crippen MR) is 125 cm³/mol. The van der Waals surface area contributed by atoms with Gasteiger partial charge in [-0.3, -0.25) is 4.90 Å². The molecule has 2 fully saturated rings. The number of hydrogen-bond donors (Lipinski definition) is 1. The molecule has 1 saturated carbocycles. The molecule has 2 aliphatic rings. The fourth-order valence-electron chi connectivity index (χ4n) is 5.05. The molecule has 5 rings (SSSR count). The molecule has 0 bridgehead atoms. The normalized spacial score (nSPS) is 18.9. The molecule has 1 aliphatic carbocycles. The molecule has 4 nitrogen and oxygen atoms in total. The number of hydrogen-bond acceptors (Lipinski definition) is 3. The van der Waals surface area contributed by atoms with Crippen molar-refractivity contribution in [2.75, 3.05) is 31.1 Å². The molecule has 158 valence electrons. The number of benzene rings is 2. The lowest BCUT2D eigenvalue weighted by molar-refractivity contribution is 0.250. The van der Waals surface area contributed by atoms with Gasteiger partial charge in [0.2, 0.25) is 0 Å². The largest absolute Gasteiger partial charge is 0.494 e. The first-order valence-corrected chi connectivity index (χ1v) is 11.6. The zero-order chi connectivity index (χ0) is 20.5. The number of piperazine rings is 1. The van der Waals surface area contributed by atoms with Crippen LogP contribution in [0.5, 0.6) is 5.88 Å². The fraction of sp³-hybridized carbons (Fsp3) is 0.440. The summed E-state index contributed by atoms with van der Waals surface area (Å²) in [5, 5.41) is 13.8. The van der Waals surface area contributed by atoms with Gasteiger partial charge in [-0.1, -0.05) is 49.1 Å². The van der Waals surface area contributed by atoms with Crippen LogP contribution in [0.25, 0.3) is 10.8 Å². The Balaban J connectivity index is 1.27. The van der Waals surface area contributed by atoms with Crippen molar-refractivity contribution in [1.29, 1.82) is 0 Å². The van der Waals surface area contributed by atoms with E-state index in [1.165, 1.54) is 43.4 Å². The molecule has 0 amide bonds. The Labute approximate surface area is 183 Å². The second-order valence-electron chi connectivity index (χ2n) is 8.81. The lowest BCUT2D eigenvalue weighted by atomic mass is 9.95. The Morgan fingerprint density at radius 1 is 0.900 bits per heavy atom. The SMILES string of the molecule is Oc1c2cc(N3CCN(Cc4ccc(Cl)cc4)CC3)ccc2cn1C1CCCCC1. The van der Waals surface area contributed by atoms with Crippen LogP contribution in [-0.4, -0.2) is 40.8 Å². The van der Waals surface area contributed by atoms with Crippen LogP contribution < -0.4 is 4.90 Å². The maximum absolute atomic E-state index is 10.9. The van der Waals surface area contributed by atoms with Crippen molar-refractivity contribution in [3.63, 3.8) is 0 Å². The zero-order valence-electron chi connectivity index (χ0n) is 17.4. The summed E-state index contributed by atoms with van der Waals surface area (Å²) in [6.45, 7) is 5.05. The molecule has 5 heteroatoms. The fourth-order valence-corrected chi connectivity index (χ4v) is 5.17. The van der Waals surface area contributed by atoms with E-state index < -0.39 is 0 Å². The van der Waals surface area contributed by atoms with Crippen LogP contribution in [0.3, 0.4) is 0 Å². The molecule has 30 heavy (non-hydrogen) atoms. The molecule has 2 heterocycles. The van der Waals surface area contributed by atoms with Gasteiger partial charge < -0.3 is 14.6 Å². The molecule has 1 saturated heterocycles. The van der Waals surface area contributed by atoms with Crippen LogP contribution in [0.4, 0.5) is 5.69 Å². The second-order valence-corrected chi connectivity index (χ2v) is 9.25. The number of aromatic nitrogens is 1. The van der Waals surface area contributed by atoms with Crippen LogP contribution in [-0.2, 0) is 6.54 Å². The van der Waals surface area contributed by atoms with Crippen LogP contribution in [0.15, 0.2) is 48.7 Å². The summed E-state index contributed by atoms with van der Waals surface area (Å²) in [5.74, 6) is 0.445. The molecule has 0 spiro atoms. The monoisotopic (exact) mass is 423 g/mol. The van der Waals surface area contributed by atoms with Crippen molar-refractivity contribution in [2.45, 2.75) is 44.7 Å². The average Bonchev–Trinajstić information content (AvgIpc) is 3.12. The van der Waals surface area contributed by atoms with E-state index in [2.05, 4.69) is 50.9 Å². The first-order valence-electron chi connectivity index (χ1n) is 11.2. The van der Waals surface area contributed by atoms with E-state index in [9.17, 15) is 5.11 Å². The first-order chi connectivity index (χ1) is 14.7. The van der Waals surface area contributed by atoms with Crippen LogP contribution in [0.1, 0.15) is 43.7 Å². The molecule has 1 N–H and O–H groups in total. The van der Waals surface area contributed by atoms with Gasteiger partial charge in [0.15, 0.2) is 5.88 Å². The van der Waals surface area contributed by atoms with Gasteiger partial charge in [0.25, 0.3) is 0 Å². The lowest BCUT2D eigenvalue weighted by Crippen LogP contribution is -2.45. The first kappa shape index (κ1) is 19.8. The standard InChI is InChI=1S/C25H30ClN3O/c26-21-9-6-19(7-10-21)17-27-12-14-28(15-13-27)23-11-8-20-18-29(25(30)24(20)16-23)22-4-2-1-3-5-22/h6-11,16,18,22,30H,1-5,12-15,17H2. The Morgan fingerprint density at radius 3 is 2.37 bits per heavy atom. The molecule has 2 aromatic carbocycles. The second kappa shape index (κ2) is 8.52. The highest BCUT2D eigenvalue weighted by Crippen LogP contribution is 2.38. The summed E-state index contributed by atoms with van der Waals surface area (Å²) >= 11 is 6.00. The van der Waals surface area contributed by atoms with E-state index in [0.29, 0.717) is 11.9 Å². The van der Waals surface area contributed by atoms with Gasteiger partial charge in [-0.2, -0.15) is 0 Å². The smallest absolute Gasteiger partial charge is 0.199 e. The van der Waals surface area contributed by atoms with Gasteiger partial charge in [0.1, 0.15) is 0 Å². The van der Waals surface area contributed by atoms with E-state index in [1.54, 1.807) is 0 Å². The summed E-state index contributed by atoms with van der Waals surface area (Å²) in [7, 11) is 0. The minimum absolute atomic E-state index is 0.445. The minimum atomic E-state index is 0.445. The quantitative estimate of drug-likeness (QED) is 0.573. The third-order valence-electron chi connectivity index (χ3n) is 6.83. The van der Waals surface area contributed by atoms with Crippen molar-refractivity contribution in [3.05, 3.63) is 59.2 Å². The Bertz CT molecular complexity index is 999. The molecule has 1 aromatic heterocycles. The molecule has 0 atom stereocenters. The van der Waals surface area contributed by atoms with Crippen LogP contribution in [0.2, 0.25) is 5.02 Å². The van der Waals surface area contributed by atoms with E-state index in [4.69, 9.17) is 11.6 Å². The average molecular weight is 424 g/mol. The summed E-state index contributed by atoms with van der Waals surface area (Å²) in [6.07, 6.45) is 8.36. The number of rotatable bonds is 4. The van der Waals surface area contributed by atoms with Crippen molar-refractivity contribution < 1.29 is 5.11 Å². The summed E-state index contributed by atoms with van der Waals surface area (Å²) < 4.78 is 2.12. The number of halogens is 1. The highest BCUT2D eigenvalue weighted by molar-refractivity contribution is 6.30. The van der Waals surface area contributed by atoms with Gasteiger partial charge in [-0.25, -0.2) is 0 Å². The number of anilines is 1. The third-order valence-corrected chi connectivity index (χ3v) is 7.08. The highest BCUT2D eigenvalue weighted by Gasteiger charge is 2.21. The Morgan fingerprint density at radius 2 is 1.63 bits per heavy atom. The topological polar surface area (TPSA) is 31.6 Å². The maximum Gasteiger partial charge on any atom is 0.199 e. The molecule has 0 unspecified atom stereocenters. The third kappa shape index (κ3) is 4.03. The molecule has 1 aliphatic heterocycles. The number of nitrogens with zero attached hydrogens (tertiary/aromatic N) is 3. The van der Waals surface area contributed by atoms with Gasteiger partial charge in [0, 0.05) is 66.4 Å². The summed E-state index contributed by atoms with van der Waals surface area (Å²) in [4.78, 5) is 4.94. The van der Waals surface area contributed by atoms with Crippen molar-refractivity contribution in [1.82, 2.24) is 9.47 Å². The van der Waals surface area contributed by atoms with Crippen molar-refractivity contribution in [2.24, 2.45) is 0 Å². The molecular weight excluding hydrogens is 394 g/mol. The molecule has 0 radical (unpaired) electrons. The van der Waals surface area contributed by atoms with Crippen molar-refractivity contribution in [3.8, 4) is 5.88 Å². The summed E-state index contributed by atoms with van der Waals surface area (Å²) in [6, 6.07) is 15.2. The predicted octanol–water partition coefficient (Wildman–Crippen LogP) is 5.83. The number of fused-ring (bicyclic) bond motifs is 1. The zero-order valence-corrected chi connectivity index (χ0v) is 18.2. The highest BCUT2D eigenvalue weighted by atomic mass is 35.5. The molecule has 3 aromatic rings. The Kier molecular flexibility index (Phi) is 5.62. The maximum atomic E-state index is 10.9. The lowest BCUT2D eigenvalue weighted by Gasteiger charge is -2.36. The Hall–Kier alpha value is -2.17. The van der Waals surface area contributed by atoms with Crippen molar-refractivity contribution >= 4 is 28.1 Å². The van der Waals surface area contributed by atoms with Gasteiger partial charge in [0.05, 0.1) is 0 Å². The number of aromatic hydroxyl groups is 1. The van der Waals surface area contributed by atoms with Gasteiger partial charge in [-0.15, -0.1) is 0 Å². The van der Waals surface area contributed by atoms with E-state index in [0.717, 1.165) is 48.5 Å². The van der Waals surface area contributed by atoms with Crippen LogP contribution >= 0.6 is 11.6 Å². The minimum Gasteiger partial charge on any atom is -0.494 e. The van der Waals surface area contributed by atoms with E-state index >= 15 is 0 Å². The van der Waals surface area contributed by atoms with Gasteiger partial charge in [-0.05, 0) is 42.7 Å². The molecular formula is C25H30ClN3O. The van der Waals surface area contributed by atoms with E-state index in [1.807, 2.05) is 12.1 Å². The van der Waals surface area contributed by atoms with E-state index in [-0.39, 0.29) is 0 Å². The van der Waals surface area contributed by atoms with Gasteiger partial charge >= 0.3 is 0 Å².